The Hall–Kier alpha value is -4.68. The second kappa shape index (κ2) is 9.57. The molecule has 0 spiro atoms. The predicted octanol–water partition coefficient (Wildman–Crippen LogP) is 9.75. The molecular weight excluding hydrogens is 476 g/mol. The highest BCUT2D eigenvalue weighted by molar-refractivity contribution is 6.12. The third-order valence-corrected chi connectivity index (χ3v) is 6.85. The van der Waals surface area contributed by atoms with E-state index in [1.807, 2.05) is 60.7 Å². The van der Waals surface area contributed by atoms with Crippen molar-refractivity contribution in [2.24, 2.45) is 5.41 Å². The lowest BCUT2D eigenvalue weighted by molar-refractivity contribution is 0.411. The summed E-state index contributed by atoms with van der Waals surface area (Å²) < 4.78 is 48.7. The van der Waals surface area contributed by atoms with Crippen molar-refractivity contribution in [2.45, 2.75) is 34.0 Å². The van der Waals surface area contributed by atoms with Crippen molar-refractivity contribution in [1.82, 2.24) is 4.98 Å². The van der Waals surface area contributed by atoms with E-state index in [-0.39, 0.29) is 34.2 Å². The summed E-state index contributed by atoms with van der Waals surface area (Å²) in [7, 11) is 0. The molecule has 3 heteroatoms. The van der Waals surface area contributed by atoms with Crippen molar-refractivity contribution < 1.29 is 11.3 Å². The van der Waals surface area contributed by atoms with Crippen LogP contribution in [0.3, 0.4) is 0 Å². The summed E-state index contributed by atoms with van der Waals surface area (Å²) >= 11 is 0. The van der Waals surface area contributed by atoms with E-state index in [9.17, 15) is 5.26 Å². The normalized spacial score (nSPS) is 13.8. The van der Waals surface area contributed by atoms with Gasteiger partial charge >= 0.3 is 0 Å². The molecule has 6 aromatic rings. The van der Waals surface area contributed by atoms with E-state index in [4.69, 9.17) is 11.3 Å². The number of aromatic nitrogens is 1. The fourth-order valence-electron chi connectivity index (χ4n) is 5.13. The van der Waals surface area contributed by atoms with Gasteiger partial charge in [-0.2, -0.15) is 5.26 Å². The maximum Gasteiger partial charge on any atom is 0.153 e. The van der Waals surface area contributed by atoms with E-state index < -0.39 is 6.85 Å². The number of aryl methyl sites for hydroxylation is 1. The summed E-state index contributed by atoms with van der Waals surface area (Å²) in [4.78, 5) is 4.55. The van der Waals surface area contributed by atoms with Crippen molar-refractivity contribution in [1.29, 1.82) is 5.26 Å². The molecule has 0 aliphatic rings. The van der Waals surface area contributed by atoms with Gasteiger partial charge in [-0.05, 0) is 64.7 Å². The number of nitrogens with zero attached hydrogens (tertiary/aromatic N) is 2. The Bertz CT molecular complexity index is 2080. The standard InChI is InChI=1S/C36H30N2O/c1-23-22-38-33(19-31(23)26-15-13-24(14-16-26)20-36(2,3)4)30-12-8-11-28-29-18-17-27(25-9-6-5-7-10-25)32(21-37)35(29)39-34(28)30/h5-19,22H,20H2,1-4H3/i1D3,15D,16D. The zero-order valence-corrected chi connectivity index (χ0v) is 22.1. The number of pyridine rings is 1. The second-order valence-electron chi connectivity index (χ2n) is 11.0. The maximum atomic E-state index is 10.2. The smallest absolute Gasteiger partial charge is 0.153 e. The maximum absolute atomic E-state index is 10.2. The molecule has 0 saturated carbocycles. The zero-order chi connectivity index (χ0) is 31.4. The highest BCUT2D eigenvalue weighted by atomic mass is 16.3. The number of hydrogen-bond donors (Lipinski definition) is 0. The van der Waals surface area contributed by atoms with E-state index in [2.05, 4.69) is 31.8 Å². The van der Waals surface area contributed by atoms with Crippen LogP contribution < -0.4 is 0 Å². The second-order valence-corrected chi connectivity index (χ2v) is 11.0. The molecule has 0 radical (unpaired) electrons. The number of hydrogen-bond acceptors (Lipinski definition) is 3. The molecule has 0 amide bonds. The number of para-hydroxylation sites is 1. The van der Waals surface area contributed by atoms with Crippen LogP contribution in [-0.4, -0.2) is 4.98 Å². The van der Waals surface area contributed by atoms with Gasteiger partial charge in [0.2, 0.25) is 0 Å². The lowest BCUT2D eigenvalue weighted by atomic mass is 9.87. The molecule has 0 aliphatic heterocycles. The number of benzene rings is 4. The molecule has 0 fully saturated rings. The molecule has 0 saturated heterocycles. The molecule has 39 heavy (non-hydrogen) atoms. The average molecular weight is 512 g/mol. The van der Waals surface area contributed by atoms with Crippen LogP contribution in [0.15, 0.2) is 102 Å². The molecular formula is C36H30N2O. The molecule has 3 nitrogen and oxygen atoms in total. The highest BCUT2D eigenvalue weighted by Crippen LogP contribution is 2.40. The topological polar surface area (TPSA) is 49.8 Å². The zero-order valence-electron chi connectivity index (χ0n) is 27.1. The minimum atomic E-state index is -2.51. The Labute approximate surface area is 236 Å². The molecule has 4 aromatic carbocycles. The van der Waals surface area contributed by atoms with Crippen molar-refractivity contribution in [3.05, 3.63) is 114 Å². The molecule has 0 unspecified atom stereocenters. The van der Waals surface area contributed by atoms with Gasteiger partial charge in [0.15, 0.2) is 5.58 Å². The van der Waals surface area contributed by atoms with Crippen LogP contribution in [0.1, 0.15) is 44.3 Å². The largest absolute Gasteiger partial charge is 0.454 e. The Morgan fingerprint density at radius 2 is 1.62 bits per heavy atom. The molecule has 0 bridgehead atoms. The lowest BCUT2D eigenvalue weighted by Crippen LogP contribution is -2.08. The van der Waals surface area contributed by atoms with Gasteiger partial charge in [0, 0.05) is 32.2 Å². The first-order valence-electron chi connectivity index (χ1n) is 15.4. The third kappa shape index (κ3) is 4.60. The Balaban J connectivity index is 1.57. The molecule has 2 aromatic heterocycles. The quantitative estimate of drug-likeness (QED) is 0.237. The van der Waals surface area contributed by atoms with Gasteiger partial charge < -0.3 is 4.42 Å². The van der Waals surface area contributed by atoms with Gasteiger partial charge in [-0.1, -0.05) is 93.5 Å². The first-order chi connectivity index (χ1) is 20.9. The predicted molar refractivity (Wildman–Crippen MR) is 160 cm³/mol. The van der Waals surface area contributed by atoms with Crippen molar-refractivity contribution in [3.8, 4) is 39.6 Å². The monoisotopic (exact) mass is 511 g/mol. The van der Waals surface area contributed by atoms with Crippen LogP contribution >= 0.6 is 0 Å². The first-order valence-corrected chi connectivity index (χ1v) is 12.9. The number of nitriles is 1. The van der Waals surface area contributed by atoms with Gasteiger partial charge in [-0.3, -0.25) is 4.98 Å². The first kappa shape index (κ1) is 19.4. The molecule has 2 heterocycles. The Morgan fingerprint density at radius 1 is 0.846 bits per heavy atom. The third-order valence-electron chi connectivity index (χ3n) is 6.85. The van der Waals surface area contributed by atoms with Gasteiger partial charge in [-0.25, -0.2) is 0 Å². The van der Waals surface area contributed by atoms with E-state index in [1.165, 1.54) is 6.20 Å². The van der Waals surface area contributed by atoms with Crippen LogP contribution in [0, 0.1) is 23.6 Å². The van der Waals surface area contributed by atoms with E-state index in [0.717, 1.165) is 27.5 Å². The van der Waals surface area contributed by atoms with E-state index >= 15 is 0 Å². The van der Waals surface area contributed by atoms with Crippen LogP contribution in [0.5, 0.6) is 0 Å². The fourth-order valence-corrected chi connectivity index (χ4v) is 5.13. The summed E-state index contributed by atoms with van der Waals surface area (Å²) in [5.74, 6) is 0. The average Bonchev–Trinajstić information content (AvgIpc) is 3.34. The van der Waals surface area contributed by atoms with E-state index in [0.29, 0.717) is 34.4 Å². The minimum absolute atomic E-state index is 0.0251. The van der Waals surface area contributed by atoms with E-state index in [1.54, 1.807) is 18.2 Å². The molecule has 6 rings (SSSR count). The molecule has 0 atom stereocenters. The van der Waals surface area contributed by atoms with Crippen LogP contribution in [0.25, 0.3) is 55.4 Å². The van der Waals surface area contributed by atoms with Crippen LogP contribution in [-0.2, 0) is 6.42 Å². The Kier molecular flexibility index (Phi) is 4.76. The number of furan rings is 1. The minimum Gasteiger partial charge on any atom is -0.454 e. The van der Waals surface area contributed by atoms with Gasteiger partial charge in [-0.15, -0.1) is 0 Å². The molecule has 0 aliphatic carbocycles. The number of fused-ring (bicyclic) bond motifs is 3. The summed E-state index contributed by atoms with van der Waals surface area (Å²) in [5.41, 5.74) is 5.45. The summed E-state index contributed by atoms with van der Waals surface area (Å²) in [6, 6.07) is 26.8. The summed E-state index contributed by atoms with van der Waals surface area (Å²) in [5, 5.41) is 11.8. The van der Waals surface area contributed by atoms with Crippen LogP contribution in [0.2, 0.25) is 0 Å². The molecule has 190 valence electrons. The van der Waals surface area contributed by atoms with Crippen molar-refractivity contribution in [2.75, 3.05) is 0 Å². The number of rotatable bonds is 4. The Morgan fingerprint density at radius 3 is 2.33 bits per heavy atom. The SMILES string of the molecule is [2H]c1cc(CC(C)(C)C)cc([2H])c1-c1cc(-c2cccc3c2oc2c(C#N)c(-c4ccccc4)ccc23)ncc1C([2H])([2H])[2H]. The van der Waals surface area contributed by atoms with Crippen LogP contribution in [0.4, 0.5) is 0 Å². The molecule has 0 N–H and O–H groups in total. The summed E-state index contributed by atoms with van der Waals surface area (Å²) in [6.07, 6.45) is 2.00. The van der Waals surface area contributed by atoms with Crippen molar-refractivity contribution in [3.63, 3.8) is 0 Å². The highest BCUT2D eigenvalue weighted by Gasteiger charge is 2.19. The van der Waals surface area contributed by atoms with Gasteiger partial charge in [0.25, 0.3) is 0 Å². The van der Waals surface area contributed by atoms with Crippen molar-refractivity contribution >= 4 is 21.9 Å². The van der Waals surface area contributed by atoms with Gasteiger partial charge in [0.05, 0.1) is 8.44 Å². The summed E-state index contributed by atoms with van der Waals surface area (Å²) in [6.45, 7) is 3.77. The fraction of sp³-hybridized carbons (Fsp3) is 0.167. The van der Waals surface area contributed by atoms with Gasteiger partial charge in [0.1, 0.15) is 17.2 Å². The lowest BCUT2D eigenvalue weighted by Gasteiger charge is -2.18.